The smallest absolute Gasteiger partial charge is 0.323 e. The van der Waals surface area contributed by atoms with Crippen LogP contribution in [0.15, 0.2) is 22.9 Å². The second-order valence-corrected chi connectivity index (χ2v) is 3.43. The second-order valence-electron chi connectivity index (χ2n) is 2.68. The van der Waals surface area contributed by atoms with Gasteiger partial charge in [-0.25, -0.2) is 4.98 Å². The number of alkyl halides is 3. The third-order valence-electron chi connectivity index (χ3n) is 1.39. The number of rotatable bonds is 2. The van der Waals surface area contributed by atoms with E-state index in [0.717, 1.165) is 0 Å². The summed E-state index contributed by atoms with van der Waals surface area (Å²) in [5.74, 6) is -1.11. The number of hydrogen-bond acceptors (Lipinski definition) is 2. The van der Waals surface area contributed by atoms with Gasteiger partial charge in [-0.1, -0.05) is 0 Å². The van der Waals surface area contributed by atoms with Crippen molar-refractivity contribution in [1.82, 2.24) is 4.98 Å². The fourth-order valence-corrected chi connectivity index (χ4v) is 1.21. The lowest BCUT2D eigenvalue weighted by molar-refractivity contribution is -0.150. The molecule has 0 fully saturated rings. The number of anilines is 1. The van der Waals surface area contributed by atoms with Crippen molar-refractivity contribution in [1.29, 1.82) is 0 Å². The molecule has 0 radical (unpaired) electrons. The second kappa shape index (κ2) is 4.61. The van der Waals surface area contributed by atoms with Crippen molar-refractivity contribution in [2.45, 2.75) is 12.6 Å². The molecule has 15 heavy (non-hydrogen) atoms. The molecule has 1 aromatic heterocycles. The number of halogens is 4. The quantitative estimate of drug-likeness (QED) is 0.848. The van der Waals surface area contributed by atoms with Crippen molar-refractivity contribution in [3.63, 3.8) is 0 Å². The van der Waals surface area contributed by atoms with Crippen LogP contribution in [0.2, 0.25) is 0 Å². The first-order valence-corrected chi connectivity index (χ1v) is 4.65. The van der Waals surface area contributed by atoms with E-state index in [4.69, 9.17) is 0 Å². The topological polar surface area (TPSA) is 42.0 Å². The summed E-state index contributed by atoms with van der Waals surface area (Å²) in [5, 5.41) is 2.10. The summed E-state index contributed by atoms with van der Waals surface area (Å²) in [6, 6.07) is 2.96. The van der Waals surface area contributed by atoms with Crippen LogP contribution in [0.5, 0.6) is 0 Å². The van der Waals surface area contributed by atoms with E-state index < -0.39 is 18.5 Å². The molecule has 0 unspecified atom stereocenters. The Morgan fingerprint density at radius 2 is 2.20 bits per heavy atom. The Morgan fingerprint density at radius 3 is 2.73 bits per heavy atom. The first-order chi connectivity index (χ1) is 6.88. The molecule has 1 N–H and O–H groups in total. The minimum atomic E-state index is -4.50. The number of nitrogens with zero attached hydrogens (tertiary/aromatic N) is 1. The predicted molar refractivity (Wildman–Crippen MR) is 51.2 cm³/mol. The molecule has 1 rings (SSSR count). The van der Waals surface area contributed by atoms with Gasteiger partial charge >= 0.3 is 6.18 Å². The molecule has 0 aliphatic carbocycles. The van der Waals surface area contributed by atoms with E-state index >= 15 is 0 Å². The first kappa shape index (κ1) is 12.0. The molecule has 3 nitrogen and oxygen atoms in total. The molecule has 0 aliphatic rings. The van der Waals surface area contributed by atoms with Gasteiger partial charge in [0.25, 0.3) is 0 Å². The van der Waals surface area contributed by atoms with Crippen LogP contribution >= 0.6 is 15.9 Å². The Labute approximate surface area is 91.8 Å². The molecular formula is C8H6BrF3N2O. The van der Waals surface area contributed by atoms with Gasteiger partial charge < -0.3 is 5.32 Å². The van der Waals surface area contributed by atoms with E-state index in [1.54, 1.807) is 0 Å². The highest BCUT2D eigenvalue weighted by Crippen LogP contribution is 2.22. The number of pyridine rings is 1. The maximum atomic E-state index is 11.8. The number of carbonyl (C=O) groups excluding carboxylic acids is 1. The zero-order valence-electron chi connectivity index (χ0n) is 7.31. The Kier molecular flexibility index (Phi) is 3.67. The molecule has 1 aromatic rings. The molecule has 0 aliphatic heterocycles. The van der Waals surface area contributed by atoms with Crippen molar-refractivity contribution >= 4 is 27.5 Å². The van der Waals surface area contributed by atoms with Gasteiger partial charge in [-0.15, -0.1) is 0 Å². The molecule has 1 amide bonds. The van der Waals surface area contributed by atoms with E-state index in [1.807, 2.05) is 0 Å². The van der Waals surface area contributed by atoms with Crippen molar-refractivity contribution < 1.29 is 18.0 Å². The first-order valence-electron chi connectivity index (χ1n) is 3.85. The van der Waals surface area contributed by atoms with Crippen LogP contribution in [0.4, 0.5) is 18.9 Å². The van der Waals surface area contributed by atoms with Gasteiger partial charge in [0.15, 0.2) is 0 Å². The van der Waals surface area contributed by atoms with Crippen LogP contribution in [-0.4, -0.2) is 17.1 Å². The van der Waals surface area contributed by atoms with Crippen LogP contribution in [0.3, 0.4) is 0 Å². The van der Waals surface area contributed by atoms with E-state index in [2.05, 4.69) is 26.2 Å². The molecule has 1 heterocycles. The Balaban J connectivity index is 2.64. The zero-order chi connectivity index (χ0) is 11.5. The van der Waals surface area contributed by atoms with E-state index in [9.17, 15) is 18.0 Å². The molecule has 82 valence electrons. The van der Waals surface area contributed by atoms with E-state index in [1.165, 1.54) is 18.3 Å². The van der Waals surface area contributed by atoms with Crippen molar-refractivity contribution in [3.05, 3.63) is 22.9 Å². The van der Waals surface area contributed by atoms with Crippen LogP contribution in [0.25, 0.3) is 0 Å². The third-order valence-corrected chi connectivity index (χ3v) is 2.03. The predicted octanol–water partition coefficient (Wildman–Crippen LogP) is 2.74. The standard InChI is InChI=1S/C8H6BrF3N2O/c9-7-5(2-1-3-13-7)14-6(15)4-8(10,11)12/h1-3H,4H2,(H,14,15). The van der Waals surface area contributed by atoms with E-state index in [0.29, 0.717) is 4.60 Å². The minimum absolute atomic E-state index is 0.215. The summed E-state index contributed by atoms with van der Waals surface area (Å²) in [6.45, 7) is 0. The highest BCUT2D eigenvalue weighted by molar-refractivity contribution is 9.10. The molecule has 0 aromatic carbocycles. The molecule has 0 spiro atoms. The Morgan fingerprint density at radius 1 is 1.53 bits per heavy atom. The van der Waals surface area contributed by atoms with Gasteiger partial charge in [-0.3, -0.25) is 4.79 Å². The number of amides is 1. The van der Waals surface area contributed by atoms with E-state index in [-0.39, 0.29) is 5.69 Å². The average molecular weight is 283 g/mol. The maximum Gasteiger partial charge on any atom is 0.397 e. The number of nitrogens with one attached hydrogen (secondary N) is 1. The highest BCUT2D eigenvalue weighted by Gasteiger charge is 2.31. The van der Waals surface area contributed by atoms with Crippen molar-refractivity contribution in [2.75, 3.05) is 5.32 Å². The fraction of sp³-hybridized carbons (Fsp3) is 0.250. The number of aromatic nitrogens is 1. The lowest BCUT2D eigenvalue weighted by Crippen LogP contribution is -2.21. The van der Waals surface area contributed by atoms with Gasteiger partial charge in [0, 0.05) is 6.20 Å². The number of hydrogen-bond donors (Lipinski definition) is 1. The van der Waals surface area contributed by atoms with Gasteiger partial charge in [0.05, 0.1) is 5.69 Å². The monoisotopic (exact) mass is 282 g/mol. The zero-order valence-corrected chi connectivity index (χ0v) is 8.89. The van der Waals surface area contributed by atoms with Crippen molar-refractivity contribution in [2.24, 2.45) is 0 Å². The van der Waals surface area contributed by atoms with Crippen LogP contribution < -0.4 is 5.32 Å². The van der Waals surface area contributed by atoms with Gasteiger partial charge in [0.2, 0.25) is 5.91 Å². The number of carbonyl (C=O) groups is 1. The summed E-state index contributed by atoms with van der Waals surface area (Å²) in [7, 11) is 0. The maximum absolute atomic E-state index is 11.8. The lowest BCUT2D eigenvalue weighted by atomic mass is 10.3. The lowest BCUT2D eigenvalue weighted by Gasteiger charge is -2.08. The van der Waals surface area contributed by atoms with Gasteiger partial charge in [-0.2, -0.15) is 13.2 Å². The molecule has 0 bridgehead atoms. The van der Waals surface area contributed by atoms with Crippen molar-refractivity contribution in [3.8, 4) is 0 Å². The van der Waals surface area contributed by atoms with Gasteiger partial charge in [-0.05, 0) is 28.1 Å². The van der Waals surface area contributed by atoms with Crippen LogP contribution in [-0.2, 0) is 4.79 Å². The minimum Gasteiger partial charge on any atom is -0.323 e. The molecule has 7 heteroatoms. The Hall–Kier alpha value is -1.11. The summed E-state index contributed by atoms with van der Waals surface area (Å²) in [6.07, 6.45) is -4.56. The van der Waals surface area contributed by atoms with Crippen LogP contribution in [0.1, 0.15) is 6.42 Å². The Bertz CT molecular complexity index is 367. The summed E-state index contributed by atoms with van der Waals surface area (Å²) >= 11 is 3.00. The molecule has 0 saturated heterocycles. The molecular weight excluding hydrogens is 277 g/mol. The third kappa shape index (κ3) is 4.28. The molecule has 0 saturated carbocycles. The molecule has 0 atom stereocenters. The fourth-order valence-electron chi connectivity index (χ4n) is 0.856. The largest absolute Gasteiger partial charge is 0.397 e. The van der Waals surface area contributed by atoms with Crippen LogP contribution in [0, 0.1) is 0 Å². The summed E-state index contributed by atoms with van der Waals surface area (Å²) in [4.78, 5) is 14.6. The average Bonchev–Trinajstić information content (AvgIpc) is 2.05. The van der Waals surface area contributed by atoms with Gasteiger partial charge in [0.1, 0.15) is 11.0 Å². The highest BCUT2D eigenvalue weighted by atomic mass is 79.9. The normalized spacial score (nSPS) is 11.2. The summed E-state index contributed by atoms with van der Waals surface area (Å²) in [5.41, 5.74) is 0.215. The SMILES string of the molecule is O=C(CC(F)(F)F)Nc1cccnc1Br. The summed E-state index contributed by atoms with van der Waals surface area (Å²) < 4.78 is 35.8.